The minimum Gasteiger partial charge on any atom is -0.481 e. The number of carbonyl (C=O) groups is 3. The van der Waals surface area contributed by atoms with E-state index in [-0.39, 0.29) is 48.4 Å². The summed E-state index contributed by atoms with van der Waals surface area (Å²) in [6.45, 7) is 0.251. The van der Waals surface area contributed by atoms with Gasteiger partial charge in [0.05, 0.1) is 13.1 Å². The number of fused-ring (bicyclic) bond motifs is 1. The largest absolute Gasteiger partial charge is 0.481 e. The molecular formula is C22H21N5O8. The lowest BCUT2D eigenvalue weighted by Gasteiger charge is -2.25. The molecule has 0 spiro atoms. The molecule has 0 bridgehead atoms. The van der Waals surface area contributed by atoms with E-state index in [4.69, 9.17) is 26.7 Å². The van der Waals surface area contributed by atoms with Crippen LogP contribution in [0.25, 0.3) is 0 Å². The fourth-order valence-electron chi connectivity index (χ4n) is 3.10. The van der Waals surface area contributed by atoms with Gasteiger partial charge in [0.15, 0.2) is 5.76 Å². The molecule has 0 aliphatic carbocycles. The number of nitrogens with zero attached hydrogens (tertiary/aromatic N) is 2. The van der Waals surface area contributed by atoms with E-state index in [1.54, 1.807) is 17.0 Å². The molecule has 13 heteroatoms. The van der Waals surface area contributed by atoms with E-state index in [1.165, 1.54) is 18.4 Å². The number of aromatic amines is 1. The van der Waals surface area contributed by atoms with E-state index >= 15 is 0 Å². The van der Waals surface area contributed by atoms with E-state index in [2.05, 4.69) is 21.2 Å². The summed E-state index contributed by atoms with van der Waals surface area (Å²) in [7, 11) is 0. The van der Waals surface area contributed by atoms with Crippen LogP contribution in [-0.4, -0.2) is 57.2 Å². The molecule has 2 aromatic rings. The molecule has 2 heterocycles. The Balaban J connectivity index is 1.70. The van der Waals surface area contributed by atoms with Crippen LogP contribution in [0.3, 0.4) is 0 Å². The number of carboxylic acids is 2. The topological polar surface area (TPSA) is 197 Å². The van der Waals surface area contributed by atoms with E-state index in [0.29, 0.717) is 5.69 Å². The van der Waals surface area contributed by atoms with Gasteiger partial charge in [-0.3, -0.25) is 19.4 Å². The van der Waals surface area contributed by atoms with Crippen LogP contribution in [0.2, 0.25) is 0 Å². The first kappa shape index (κ1) is 24.6. The standard InChI is InChI=1S/C22H21N5O8/c1-2-9-27(10-14-11-34-20-17(35-14)19(31)25-22(23)26-20)13-5-3-12(4-6-13)18(30)24-15(21(32)33)7-8-16(28)29/h1,3-6,11,15H,7-10H2,(H,24,30)(H,28,29)(H,32,33)(H3,23,25,26,31). The van der Waals surface area contributed by atoms with Crippen LogP contribution in [0.15, 0.2) is 41.1 Å². The molecule has 0 saturated heterocycles. The summed E-state index contributed by atoms with van der Waals surface area (Å²) >= 11 is 0. The summed E-state index contributed by atoms with van der Waals surface area (Å²) in [5.41, 5.74) is 5.63. The predicted molar refractivity (Wildman–Crippen MR) is 122 cm³/mol. The number of H-pyrrole nitrogens is 1. The number of hydrogen-bond acceptors (Lipinski definition) is 9. The molecule has 1 aliphatic rings. The molecule has 182 valence electrons. The summed E-state index contributed by atoms with van der Waals surface area (Å²) in [6.07, 6.45) is 6.08. The summed E-state index contributed by atoms with van der Waals surface area (Å²) in [5.74, 6) is -0.758. The fraction of sp³-hybridized carbons (Fsp3) is 0.227. The van der Waals surface area contributed by atoms with Gasteiger partial charge in [0.25, 0.3) is 23.1 Å². The van der Waals surface area contributed by atoms with Gasteiger partial charge in [0.1, 0.15) is 12.3 Å². The van der Waals surface area contributed by atoms with Gasteiger partial charge < -0.3 is 35.6 Å². The van der Waals surface area contributed by atoms with Gasteiger partial charge in [-0.2, -0.15) is 4.98 Å². The van der Waals surface area contributed by atoms with Crippen molar-refractivity contribution in [3.8, 4) is 24.0 Å². The molecule has 0 saturated carbocycles. The van der Waals surface area contributed by atoms with E-state index in [9.17, 15) is 24.3 Å². The van der Waals surface area contributed by atoms with Gasteiger partial charge in [0, 0.05) is 17.7 Å². The van der Waals surface area contributed by atoms with Crippen LogP contribution in [0, 0.1) is 12.3 Å². The molecule has 1 amide bonds. The number of benzene rings is 1. The monoisotopic (exact) mass is 483 g/mol. The Morgan fingerprint density at radius 3 is 2.60 bits per heavy atom. The normalized spacial score (nSPS) is 12.6. The van der Waals surface area contributed by atoms with Crippen molar-refractivity contribution in [1.29, 1.82) is 0 Å². The molecule has 35 heavy (non-hydrogen) atoms. The van der Waals surface area contributed by atoms with Gasteiger partial charge in [-0.1, -0.05) is 5.92 Å². The number of nitrogen functional groups attached to an aromatic ring is 1. The van der Waals surface area contributed by atoms with Crippen LogP contribution in [0.5, 0.6) is 11.6 Å². The van der Waals surface area contributed by atoms with E-state index in [0.717, 1.165) is 0 Å². The molecule has 1 unspecified atom stereocenters. The average Bonchev–Trinajstić information content (AvgIpc) is 2.81. The number of carbonyl (C=O) groups excluding carboxylic acids is 1. The van der Waals surface area contributed by atoms with Crippen LogP contribution in [0.1, 0.15) is 23.2 Å². The molecule has 1 atom stereocenters. The number of carboxylic acid groups (broad SMARTS) is 2. The van der Waals surface area contributed by atoms with Crippen molar-refractivity contribution in [3.05, 3.63) is 52.2 Å². The first-order chi connectivity index (χ1) is 16.7. The average molecular weight is 483 g/mol. The third-order valence-corrected chi connectivity index (χ3v) is 4.77. The van der Waals surface area contributed by atoms with Crippen molar-refractivity contribution in [2.24, 2.45) is 0 Å². The van der Waals surface area contributed by atoms with Crippen LogP contribution >= 0.6 is 0 Å². The highest BCUT2D eigenvalue weighted by atomic mass is 16.6. The quantitative estimate of drug-likeness (QED) is 0.288. The molecule has 1 aromatic heterocycles. The number of nitrogens with one attached hydrogen (secondary N) is 2. The smallest absolute Gasteiger partial charge is 0.326 e. The Hall–Kier alpha value is -4.99. The van der Waals surface area contributed by atoms with Crippen molar-refractivity contribution in [2.45, 2.75) is 18.9 Å². The lowest BCUT2D eigenvalue weighted by atomic mass is 10.1. The van der Waals surface area contributed by atoms with Crippen LogP contribution in [0.4, 0.5) is 11.6 Å². The van der Waals surface area contributed by atoms with Crippen molar-refractivity contribution >= 4 is 29.5 Å². The molecule has 1 aliphatic heterocycles. The zero-order valence-corrected chi connectivity index (χ0v) is 18.2. The number of ether oxygens (including phenoxy) is 2. The second-order valence-electron chi connectivity index (χ2n) is 7.29. The third-order valence-electron chi connectivity index (χ3n) is 4.77. The third kappa shape index (κ3) is 6.29. The molecular weight excluding hydrogens is 462 g/mol. The van der Waals surface area contributed by atoms with E-state index in [1.807, 2.05) is 0 Å². The minimum atomic E-state index is -1.34. The van der Waals surface area contributed by atoms with Crippen LogP contribution < -0.4 is 31.0 Å². The lowest BCUT2D eigenvalue weighted by molar-refractivity contribution is -0.140. The summed E-state index contributed by atoms with van der Waals surface area (Å²) in [5, 5.41) is 20.3. The van der Waals surface area contributed by atoms with Gasteiger partial charge in [-0.25, -0.2) is 4.79 Å². The number of nitrogens with two attached hydrogens (primary N) is 1. The number of rotatable bonds is 10. The maximum Gasteiger partial charge on any atom is 0.326 e. The van der Waals surface area contributed by atoms with Crippen molar-refractivity contribution in [2.75, 3.05) is 23.7 Å². The summed E-state index contributed by atoms with van der Waals surface area (Å²) in [4.78, 5) is 54.3. The molecule has 1 aromatic carbocycles. The van der Waals surface area contributed by atoms with Crippen molar-refractivity contribution < 1.29 is 34.1 Å². The number of amides is 1. The van der Waals surface area contributed by atoms with E-state index < -0.39 is 35.9 Å². The van der Waals surface area contributed by atoms with Gasteiger partial charge in [-0.15, -0.1) is 6.42 Å². The molecule has 13 nitrogen and oxygen atoms in total. The zero-order chi connectivity index (χ0) is 25.5. The minimum absolute atomic E-state index is 0.0723. The Labute approximate surface area is 198 Å². The Bertz CT molecular complexity index is 1260. The summed E-state index contributed by atoms with van der Waals surface area (Å²) in [6, 6.07) is 4.76. The Kier molecular flexibility index (Phi) is 7.57. The second kappa shape index (κ2) is 10.8. The highest BCUT2D eigenvalue weighted by Crippen LogP contribution is 2.27. The maximum atomic E-state index is 12.4. The Morgan fingerprint density at radius 1 is 1.26 bits per heavy atom. The molecule has 3 rings (SSSR count). The number of terminal acetylenes is 1. The molecule has 6 N–H and O–H groups in total. The highest BCUT2D eigenvalue weighted by Gasteiger charge is 2.23. The second-order valence-corrected chi connectivity index (χ2v) is 7.29. The van der Waals surface area contributed by atoms with Crippen molar-refractivity contribution in [1.82, 2.24) is 15.3 Å². The number of aliphatic carboxylic acids is 2. The maximum absolute atomic E-state index is 12.4. The highest BCUT2D eigenvalue weighted by molar-refractivity contribution is 5.97. The van der Waals surface area contributed by atoms with Crippen LogP contribution in [-0.2, 0) is 9.59 Å². The SMILES string of the molecule is C#CCN(CC1=COc2nc(N)[nH]c(=O)c2O1)c1ccc(C(=O)NC(CCC(=O)O)C(=O)O)cc1. The number of anilines is 2. The first-order valence-electron chi connectivity index (χ1n) is 10.1. The molecule has 0 fully saturated rings. The zero-order valence-electron chi connectivity index (χ0n) is 18.2. The number of aromatic nitrogens is 2. The van der Waals surface area contributed by atoms with Gasteiger partial charge in [0.2, 0.25) is 5.95 Å². The number of hydrogen-bond donors (Lipinski definition) is 5. The van der Waals surface area contributed by atoms with Gasteiger partial charge in [-0.05, 0) is 30.7 Å². The summed E-state index contributed by atoms with van der Waals surface area (Å²) < 4.78 is 10.9. The van der Waals surface area contributed by atoms with Gasteiger partial charge >= 0.3 is 11.9 Å². The van der Waals surface area contributed by atoms with Crippen molar-refractivity contribution in [3.63, 3.8) is 0 Å². The predicted octanol–water partition coefficient (Wildman–Crippen LogP) is 0.152. The Morgan fingerprint density at radius 2 is 1.97 bits per heavy atom. The lowest BCUT2D eigenvalue weighted by Crippen LogP contribution is -2.41. The molecule has 0 radical (unpaired) electrons. The fourth-order valence-corrected chi connectivity index (χ4v) is 3.10. The first-order valence-corrected chi connectivity index (χ1v) is 10.1.